The van der Waals surface area contributed by atoms with Crippen LogP contribution in [0.25, 0.3) is 0 Å². The highest BCUT2D eigenvalue weighted by molar-refractivity contribution is 5.88. The van der Waals surface area contributed by atoms with Gasteiger partial charge in [0, 0.05) is 13.6 Å². The van der Waals surface area contributed by atoms with E-state index in [0.29, 0.717) is 12.4 Å². The molecule has 0 saturated heterocycles. The zero-order valence-corrected chi connectivity index (χ0v) is 9.59. The maximum absolute atomic E-state index is 10.8. The molecule has 0 saturated carbocycles. The standard InChI is InChI=1S/C12H14N2O3/c1-14-6-5-13-11(14)8-17-10-4-2-3-9(7-10)12(15)16/h2-4,7H,5-6,8H2,1H3,(H,15,16). The maximum atomic E-state index is 10.8. The van der Waals surface area contributed by atoms with Crippen molar-refractivity contribution in [1.82, 2.24) is 4.90 Å². The molecule has 5 nitrogen and oxygen atoms in total. The van der Waals surface area contributed by atoms with Crippen molar-refractivity contribution >= 4 is 11.8 Å². The third kappa shape index (κ3) is 2.75. The second-order valence-electron chi connectivity index (χ2n) is 3.84. The lowest BCUT2D eigenvalue weighted by atomic mass is 10.2. The summed E-state index contributed by atoms with van der Waals surface area (Å²) in [4.78, 5) is 17.1. The molecule has 0 amide bonds. The van der Waals surface area contributed by atoms with Crippen molar-refractivity contribution in [2.45, 2.75) is 0 Å². The van der Waals surface area contributed by atoms with Crippen LogP contribution in [0.1, 0.15) is 10.4 Å². The van der Waals surface area contributed by atoms with E-state index in [1.807, 2.05) is 11.9 Å². The summed E-state index contributed by atoms with van der Waals surface area (Å²) in [6.45, 7) is 2.08. The number of carboxylic acids is 1. The number of ether oxygens (including phenoxy) is 1. The summed E-state index contributed by atoms with van der Waals surface area (Å²) in [6.07, 6.45) is 0. The molecule has 1 aromatic rings. The Morgan fingerprint density at radius 1 is 1.59 bits per heavy atom. The van der Waals surface area contributed by atoms with Crippen molar-refractivity contribution in [2.24, 2.45) is 4.99 Å². The van der Waals surface area contributed by atoms with E-state index < -0.39 is 5.97 Å². The molecular weight excluding hydrogens is 220 g/mol. The molecule has 1 N–H and O–H groups in total. The lowest BCUT2D eigenvalue weighted by Crippen LogP contribution is -2.27. The zero-order valence-electron chi connectivity index (χ0n) is 9.59. The average molecular weight is 234 g/mol. The second-order valence-corrected chi connectivity index (χ2v) is 3.84. The predicted octanol–water partition coefficient (Wildman–Crippen LogP) is 1.11. The molecule has 5 heteroatoms. The third-order valence-electron chi connectivity index (χ3n) is 2.62. The molecule has 1 aromatic carbocycles. The number of aromatic carboxylic acids is 1. The Bertz CT molecular complexity index is 457. The maximum Gasteiger partial charge on any atom is 0.335 e. The normalized spacial score (nSPS) is 14.6. The van der Waals surface area contributed by atoms with E-state index in [9.17, 15) is 4.79 Å². The minimum atomic E-state index is -0.953. The summed E-state index contributed by atoms with van der Waals surface area (Å²) in [5, 5.41) is 8.84. The Morgan fingerprint density at radius 2 is 2.41 bits per heavy atom. The molecule has 90 valence electrons. The summed E-state index contributed by atoms with van der Waals surface area (Å²) in [5.74, 6) is 0.490. The first-order valence-electron chi connectivity index (χ1n) is 5.37. The van der Waals surface area contributed by atoms with Crippen LogP contribution in [-0.2, 0) is 0 Å². The molecule has 0 aromatic heterocycles. The number of carbonyl (C=O) groups is 1. The molecule has 17 heavy (non-hydrogen) atoms. The van der Waals surface area contributed by atoms with Gasteiger partial charge in [0.2, 0.25) is 0 Å². The molecule has 0 radical (unpaired) electrons. The lowest BCUT2D eigenvalue weighted by molar-refractivity contribution is 0.0696. The SMILES string of the molecule is CN1CCN=C1COc1cccc(C(=O)O)c1. The number of hydrogen-bond acceptors (Lipinski definition) is 4. The highest BCUT2D eigenvalue weighted by Crippen LogP contribution is 2.13. The number of nitrogens with zero attached hydrogens (tertiary/aromatic N) is 2. The number of benzene rings is 1. The van der Waals surface area contributed by atoms with Crippen molar-refractivity contribution in [2.75, 3.05) is 26.7 Å². The Morgan fingerprint density at radius 3 is 3.06 bits per heavy atom. The van der Waals surface area contributed by atoms with Crippen molar-refractivity contribution in [1.29, 1.82) is 0 Å². The van der Waals surface area contributed by atoms with Gasteiger partial charge in [0.25, 0.3) is 0 Å². The number of amidine groups is 1. The molecule has 0 aliphatic carbocycles. The summed E-state index contributed by atoms with van der Waals surface area (Å²) < 4.78 is 5.52. The fraction of sp³-hybridized carbons (Fsp3) is 0.333. The zero-order chi connectivity index (χ0) is 12.3. The smallest absolute Gasteiger partial charge is 0.335 e. The highest BCUT2D eigenvalue weighted by Gasteiger charge is 2.13. The number of likely N-dealkylation sites (N-methyl/N-ethyl adjacent to an activating group) is 1. The van der Waals surface area contributed by atoms with Gasteiger partial charge in [-0.05, 0) is 18.2 Å². The molecule has 0 unspecified atom stereocenters. The Labute approximate surface area is 99.3 Å². The predicted molar refractivity (Wildman–Crippen MR) is 63.8 cm³/mol. The fourth-order valence-electron chi connectivity index (χ4n) is 1.60. The van der Waals surface area contributed by atoms with E-state index in [1.54, 1.807) is 12.1 Å². The van der Waals surface area contributed by atoms with Gasteiger partial charge >= 0.3 is 5.97 Å². The van der Waals surface area contributed by atoms with E-state index >= 15 is 0 Å². The van der Waals surface area contributed by atoms with Gasteiger partial charge in [0.1, 0.15) is 18.2 Å². The van der Waals surface area contributed by atoms with Crippen molar-refractivity contribution in [3.05, 3.63) is 29.8 Å². The molecule has 1 aliphatic heterocycles. The lowest BCUT2D eigenvalue weighted by Gasteiger charge is -2.14. The van der Waals surface area contributed by atoms with Gasteiger partial charge in [-0.15, -0.1) is 0 Å². The molecule has 0 fully saturated rings. The number of carboxylic acid groups (broad SMARTS) is 1. The van der Waals surface area contributed by atoms with Crippen molar-refractivity contribution < 1.29 is 14.6 Å². The first-order chi connectivity index (χ1) is 8.16. The van der Waals surface area contributed by atoms with Gasteiger partial charge in [0.05, 0.1) is 12.1 Å². The van der Waals surface area contributed by atoms with Gasteiger partial charge in [-0.2, -0.15) is 0 Å². The van der Waals surface area contributed by atoms with E-state index in [2.05, 4.69) is 4.99 Å². The second kappa shape index (κ2) is 4.86. The Balaban J connectivity index is 1.99. The van der Waals surface area contributed by atoms with Gasteiger partial charge in [-0.3, -0.25) is 4.99 Å². The first kappa shape index (κ1) is 11.4. The number of rotatable bonds is 4. The van der Waals surface area contributed by atoms with E-state index in [0.717, 1.165) is 18.9 Å². The molecule has 0 spiro atoms. The van der Waals surface area contributed by atoms with Crippen molar-refractivity contribution in [3.63, 3.8) is 0 Å². The molecule has 0 atom stereocenters. The van der Waals surface area contributed by atoms with Gasteiger partial charge in [-0.1, -0.05) is 6.07 Å². The van der Waals surface area contributed by atoms with Crippen LogP contribution in [0.15, 0.2) is 29.3 Å². The van der Waals surface area contributed by atoms with Crippen LogP contribution in [0.3, 0.4) is 0 Å². The quantitative estimate of drug-likeness (QED) is 0.847. The largest absolute Gasteiger partial charge is 0.486 e. The van der Waals surface area contributed by atoms with Gasteiger partial charge < -0.3 is 14.7 Å². The van der Waals surface area contributed by atoms with E-state index in [-0.39, 0.29) is 5.56 Å². The molecule has 2 rings (SSSR count). The molecular formula is C12H14N2O3. The van der Waals surface area contributed by atoms with Crippen LogP contribution in [0.5, 0.6) is 5.75 Å². The number of hydrogen-bond donors (Lipinski definition) is 1. The number of aliphatic imine (C=N–C) groups is 1. The minimum absolute atomic E-state index is 0.226. The van der Waals surface area contributed by atoms with Crippen LogP contribution in [-0.4, -0.2) is 48.6 Å². The summed E-state index contributed by atoms with van der Waals surface area (Å²) in [7, 11) is 1.96. The Kier molecular flexibility index (Phi) is 3.27. The summed E-state index contributed by atoms with van der Waals surface area (Å²) in [6, 6.07) is 6.45. The van der Waals surface area contributed by atoms with Crippen LogP contribution >= 0.6 is 0 Å². The first-order valence-corrected chi connectivity index (χ1v) is 5.37. The van der Waals surface area contributed by atoms with Crippen LogP contribution in [0, 0.1) is 0 Å². The summed E-state index contributed by atoms with van der Waals surface area (Å²) >= 11 is 0. The van der Waals surface area contributed by atoms with E-state index in [4.69, 9.17) is 9.84 Å². The molecule has 0 bridgehead atoms. The van der Waals surface area contributed by atoms with Gasteiger partial charge in [-0.25, -0.2) is 4.79 Å². The highest BCUT2D eigenvalue weighted by atomic mass is 16.5. The summed E-state index contributed by atoms with van der Waals surface area (Å²) in [5.41, 5.74) is 0.226. The van der Waals surface area contributed by atoms with Crippen LogP contribution in [0.2, 0.25) is 0 Å². The topological polar surface area (TPSA) is 62.1 Å². The average Bonchev–Trinajstić information content (AvgIpc) is 2.72. The van der Waals surface area contributed by atoms with Crippen LogP contribution < -0.4 is 4.74 Å². The van der Waals surface area contributed by atoms with E-state index in [1.165, 1.54) is 12.1 Å². The molecule has 1 aliphatic rings. The monoisotopic (exact) mass is 234 g/mol. The third-order valence-corrected chi connectivity index (χ3v) is 2.62. The Hall–Kier alpha value is -2.04. The van der Waals surface area contributed by atoms with Gasteiger partial charge in [0.15, 0.2) is 0 Å². The minimum Gasteiger partial charge on any atom is -0.486 e. The van der Waals surface area contributed by atoms with Crippen LogP contribution in [0.4, 0.5) is 0 Å². The van der Waals surface area contributed by atoms with Crippen molar-refractivity contribution in [3.8, 4) is 5.75 Å². The molecule has 1 heterocycles. The fourth-order valence-corrected chi connectivity index (χ4v) is 1.60.